The number of hydrazone groups is 1. The molecule has 0 amide bonds. The molecule has 39 heavy (non-hydrogen) atoms. The number of benzene rings is 1. The number of rotatable bonds is 15. The molecule has 1 N–H and O–H groups in total. The van der Waals surface area contributed by atoms with Gasteiger partial charge in [-0.1, -0.05) is 51.7 Å². The van der Waals surface area contributed by atoms with Gasteiger partial charge in [-0.05, 0) is 30.5 Å². The molecular formula is C25H35F6N7O. The molecule has 8 nitrogen and oxygen atoms in total. The van der Waals surface area contributed by atoms with Crippen LogP contribution in [-0.4, -0.2) is 66.8 Å². The van der Waals surface area contributed by atoms with E-state index in [9.17, 15) is 26.3 Å². The molecule has 0 bridgehead atoms. The highest BCUT2D eigenvalue weighted by Crippen LogP contribution is 2.36. The molecule has 1 aromatic heterocycles. The molecule has 14 heteroatoms. The predicted molar refractivity (Wildman–Crippen MR) is 140 cm³/mol. The van der Waals surface area contributed by atoms with Crippen molar-refractivity contribution in [2.45, 2.75) is 70.8 Å². The average Bonchev–Trinajstić information content (AvgIpc) is 2.85. The summed E-state index contributed by atoms with van der Waals surface area (Å²) in [5.41, 5.74) is 4.13. The van der Waals surface area contributed by atoms with E-state index in [-0.39, 0.29) is 11.9 Å². The van der Waals surface area contributed by atoms with Gasteiger partial charge in [-0.15, -0.1) is 0 Å². The molecule has 1 aromatic carbocycles. The Hall–Kier alpha value is -3.32. The first-order chi connectivity index (χ1) is 18.3. The van der Waals surface area contributed by atoms with Crippen molar-refractivity contribution >= 4 is 23.8 Å². The van der Waals surface area contributed by atoms with Gasteiger partial charge in [0.2, 0.25) is 5.95 Å². The zero-order valence-electron chi connectivity index (χ0n) is 22.5. The summed E-state index contributed by atoms with van der Waals surface area (Å²) in [7, 11) is 3.77. The topological polar surface area (TPSA) is 78.8 Å². The first-order valence-corrected chi connectivity index (χ1v) is 12.7. The van der Waals surface area contributed by atoms with Gasteiger partial charge in [0.25, 0.3) is 12.1 Å². The molecule has 0 spiro atoms. The SMILES string of the molecule is CCCCCN(CCCCC)c1nc(NN=Cc2ccc(N(C)C)cc2)nc(OC(C(F)(F)F)C(F)(F)F)n1. The van der Waals surface area contributed by atoms with E-state index in [2.05, 4.69) is 30.2 Å². The third kappa shape index (κ3) is 10.8. The highest BCUT2D eigenvalue weighted by atomic mass is 19.4. The van der Waals surface area contributed by atoms with Crippen molar-refractivity contribution in [1.29, 1.82) is 0 Å². The van der Waals surface area contributed by atoms with E-state index in [1.165, 1.54) is 6.21 Å². The van der Waals surface area contributed by atoms with Crippen LogP contribution < -0.4 is 20.0 Å². The van der Waals surface area contributed by atoms with Crippen LogP contribution in [0.5, 0.6) is 6.01 Å². The van der Waals surface area contributed by atoms with Crippen LogP contribution in [0.3, 0.4) is 0 Å². The Labute approximate surface area is 224 Å². The summed E-state index contributed by atoms with van der Waals surface area (Å²) in [6.07, 6.45) is -9.05. The van der Waals surface area contributed by atoms with Crippen LogP contribution in [0.1, 0.15) is 57.9 Å². The maximum atomic E-state index is 13.2. The van der Waals surface area contributed by atoms with Crippen LogP contribution in [0, 0.1) is 0 Å². The fraction of sp³-hybridized carbons (Fsp3) is 0.600. The molecule has 0 fully saturated rings. The number of nitrogens with zero attached hydrogens (tertiary/aromatic N) is 6. The van der Waals surface area contributed by atoms with Crippen molar-refractivity contribution in [3.8, 4) is 6.01 Å². The number of nitrogens with one attached hydrogen (secondary N) is 1. The van der Waals surface area contributed by atoms with E-state index in [1.807, 2.05) is 45.0 Å². The molecular weight excluding hydrogens is 528 g/mol. The third-order valence-electron chi connectivity index (χ3n) is 5.55. The fourth-order valence-electron chi connectivity index (χ4n) is 3.45. The molecule has 2 aromatic rings. The Morgan fingerprint density at radius 1 is 0.872 bits per heavy atom. The maximum Gasteiger partial charge on any atom is 0.434 e. The van der Waals surface area contributed by atoms with Crippen LogP contribution >= 0.6 is 0 Å². The number of aromatic nitrogens is 3. The normalized spacial score (nSPS) is 12.3. The third-order valence-corrected chi connectivity index (χ3v) is 5.55. The molecule has 0 atom stereocenters. The molecule has 0 aliphatic heterocycles. The minimum absolute atomic E-state index is 0.0941. The standard InChI is InChI=1S/C25H35F6N7O/c1-5-7-9-15-38(16-10-8-6-2)22-33-21(36-32-17-18-11-13-19(14-12-18)37(3)4)34-23(35-22)39-20(24(26,27)28)25(29,30)31/h11-14,17,20H,5-10,15-16H2,1-4H3,(H,33,34,35,36). The Morgan fingerprint density at radius 2 is 1.44 bits per heavy atom. The van der Waals surface area contributed by atoms with Crippen LogP contribution in [0.4, 0.5) is 43.9 Å². The van der Waals surface area contributed by atoms with E-state index in [1.54, 1.807) is 17.0 Å². The van der Waals surface area contributed by atoms with Gasteiger partial charge < -0.3 is 14.5 Å². The summed E-state index contributed by atoms with van der Waals surface area (Å²) in [5, 5.41) is 4.00. The molecule has 0 unspecified atom stereocenters. The van der Waals surface area contributed by atoms with Gasteiger partial charge in [-0.25, -0.2) is 5.43 Å². The highest BCUT2D eigenvalue weighted by Gasteiger charge is 2.59. The second-order valence-electron chi connectivity index (χ2n) is 9.08. The van der Waals surface area contributed by atoms with Crippen molar-refractivity contribution in [2.75, 3.05) is 42.4 Å². The summed E-state index contributed by atoms with van der Waals surface area (Å²) in [6, 6.07) is 6.17. The lowest BCUT2D eigenvalue weighted by atomic mass is 10.2. The minimum atomic E-state index is -5.72. The van der Waals surface area contributed by atoms with Crippen molar-refractivity contribution < 1.29 is 31.1 Å². The summed E-state index contributed by atoms with van der Waals surface area (Å²) < 4.78 is 83.3. The quantitative estimate of drug-likeness (QED) is 0.116. The summed E-state index contributed by atoms with van der Waals surface area (Å²) in [6.45, 7) is 4.95. The second kappa shape index (κ2) is 14.7. The molecule has 0 aliphatic carbocycles. The van der Waals surface area contributed by atoms with Crippen molar-refractivity contribution in [3.63, 3.8) is 0 Å². The molecule has 0 radical (unpaired) electrons. The lowest BCUT2D eigenvalue weighted by molar-refractivity contribution is -0.301. The Kier molecular flexibility index (Phi) is 12.0. The van der Waals surface area contributed by atoms with Crippen molar-refractivity contribution in [3.05, 3.63) is 29.8 Å². The van der Waals surface area contributed by atoms with Crippen LogP contribution in [-0.2, 0) is 0 Å². The van der Waals surface area contributed by atoms with Gasteiger partial charge in [0, 0.05) is 32.9 Å². The number of halogens is 6. The number of ether oxygens (including phenoxy) is 1. The molecule has 0 saturated carbocycles. The largest absolute Gasteiger partial charge is 0.440 e. The van der Waals surface area contributed by atoms with E-state index in [0.717, 1.165) is 44.2 Å². The molecule has 2 rings (SSSR count). The molecule has 0 saturated heterocycles. The number of alkyl halides is 6. The number of hydrogen-bond donors (Lipinski definition) is 1. The summed E-state index contributed by atoms with van der Waals surface area (Å²) >= 11 is 0. The van der Waals surface area contributed by atoms with Gasteiger partial charge in [0.15, 0.2) is 0 Å². The lowest BCUT2D eigenvalue weighted by Crippen LogP contribution is -2.47. The summed E-state index contributed by atoms with van der Waals surface area (Å²) in [4.78, 5) is 15.3. The van der Waals surface area contributed by atoms with E-state index < -0.39 is 24.5 Å². The van der Waals surface area contributed by atoms with Crippen molar-refractivity contribution in [1.82, 2.24) is 15.0 Å². The Morgan fingerprint density at radius 3 is 1.92 bits per heavy atom. The van der Waals surface area contributed by atoms with Gasteiger partial charge in [0.05, 0.1) is 6.21 Å². The maximum absolute atomic E-state index is 13.2. The lowest BCUT2D eigenvalue weighted by Gasteiger charge is -2.25. The van der Waals surface area contributed by atoms with E-state index in [0.29, 0.717) is 18.7 Å². The van der Waals surface area contributed by atoms with Gasteiger partial charge in [0.1, 0.15) is 0 Å². The first kappa shape index (κ1) is 31.9. The smallest absolute Gasteiger partial charge is 0.434 e. The molecule has 218 valence electrons. The first-order valence-electron chi connectivity index (χ1n) is 12.7. The second-order valence-corrected chi connectivity index (χ2v) is 9.08. The minimum Gasteiger partial charge on any atom is -0.440 e. The van der Waals surface area contributed by atoms with Crippen LogP contribution in [0.15, 0.2) is 29.4 Å². The molecule has 1 heterocycles. The predicted octanol–water partition coefficient (Wildman–Crippen LogP) is 6.44. The Bertz CT molecular complexity index is 1010. The number of unbranched alkanes of at least 4 members (excludes halogenated alkanes) is 4. The fourth-order valence-corrected chi connectivity index (χ4v) is 3.45. The monoisotopic (exact) mass is 563 g/mol. The Balaban J connectivity index is 2.40. The average molecular weight is 564 g/mol. The number of hydrogen-bond acceptors (Lipinski definition) is 8. The van der Waals surface area contributed by atoms with E-state index >= 15 is 0 Å². The zero-order valence-corrected chi connectivity index (χ0v) is 22.5. The van der Waals surface area contributed by atoms with Gasteiger partial charge >= 0.3 is 18.4 Å². The van der Waals surface area contributed by atoms with Gasteiger partial charge in [-0.2, -0.15) is 46.4 Å². The van der Waals surface area contributed by atoms with Crippen molar-refractivity contribution in [2.24, 2.45) is 5.10 Å². The zero-order chi connectivity index (χ0) is 29.1. The number of anilines is 3. The summed E-state index contributed by atoms with van der Waals surface area (Å²) in [5.74, 6) is -0.446. The molecule has 0 aliphatic rings. The van der Waals surface area contributed by atoms with Gasteiger partial charge in [-0.3, -0.25) is 0 Å². The van der Waals surface area contributed by atoms with Crippen LogP contribution in [0.2, 0.25) is 0 Å². The van der Waals surface area contributed by atoms with E-state index in [4.69, 9.17) is 0 Å². The highest BCUT2D eigenvalue weighted by molar-refractivity contribution is 5.80. The van der Waals surface area contributed by atoms with Crippen LogP contribution in [0.25, 0.3) is 0 Å².